The van der Waals surface area contributed by atoms with Crippen molar-refractivity contribution in [3.8, 4) is 0 Å². The van der Waals surface area contributed by atoms with Crippen LogP contribution in [0.4, 0.5) is 15.8 Å². The molecule has 19 heavy (non-hydrogen) atoms. The molecule has 0 spiro atoms. The number of nitrogens with zero attached hydrogens (tertiary/aromatic N) is 1. The highest BCUT2D eigenvalue weighted by Crippen LogP contribution is 2.20. The van der Waals surface area contributed by atoms with Crippen LogP contribution in [0.25, 0.3) is 0 Å². The van der Waals surface area contributed by atoms with Gasteiger partial charge >= 0.3 is 0 Å². The van der Waals surface area contributed by atoms with Gasteiger partial charge in [0.25, 0.3) is 10.0 Å². The van der Waals surface area contributed by atoms with Crippen LogP contribution in [-0.2, 0) is 10.0 Å². The average Bonchev–Trinajstić information content (AvgIpc) is 2.32. The highest BCUT2D eigenvalue weighted by atomic mass is 35.5. The minimum absolute atomic E-state index is 0.120. The molecule has 1 heterocycles. The van der Waals surface area contributed by atoms with Crippen molar-refractivity contribution in [2.45, 2.75) is 4.90 Å². The van der Waals surface area contributed by atoms with Gasteiger partial charge in [0.1, 0.15) is 11.0 Å². The first-order valence-corrected chi connectivity index (χ1v) is 6.94. The van der Waals surface area contributed by atoms with Gasteiger partial charge in [-0.1, -0.05) is 11.6 Å². The van der Waals surface area contributed by atoms with E-state index in [1.807, 2.05) is 0 Å². The van der Waals surface area contributed by atoms with Crippen LogP contribution in [0.1, 0.15) is 0 Å². The molecule has 0 fully saturated rings. The number of nitrogens with one attached hydrogen (secondary N) is 1. The van der Waals surface area contributed by atoms with Crippen LogP contribution in [0.3, 0.4) is 0 Å². The molecule has 1 aromatic carbocycles. The number of hydrogen-bond acceptors (Lipinski definition) is 4. The third-order valence-electron chi connectivity index (χ3n) is 2.26. The number of nitrogens with two attached hydrogens (primary N) is 1. The summed E-state index contributed by atoms with van der Waals surface area (Å²) < 4.78 is 39.5. The Labute approximate surface area is 114 Å². The van der Waals surface area contributed by atoms with Gasteiger partial charge < -0.3 is 5.73 Å². The van der Waals surface area contributed by atoms with Crippen LogP contribution >= 0.6 is 11.6 Å². The summed E-state index contributed by atoms with van der Waals surface area (Å²) >= 11 is 5.64. The molecule has 0 aliphatic carbocycles. The number of sulfonamides is 1. The smallest absolute Gasteiger partial charge is 0.262 e. The molecule has 0 amide bonds. The molecule has 0 unspecified atom stereocenters. The van der Waals surface area contributed by atoms with Crippen molar-refractivity contribution < 1.29 is 12.8 Å². The number of pyridine rings is 1. The van der Waals surface area contributed by atoms with Crippen LogP contribution in [-0.4, -0.2) is 13.4 Å². The SMILES string of the molecule is Nc1ccc(S(=O)(=O)Nc2ccnc(Cl)c2)cc1F. The lowest BCUT2D eigenvalue weighted by molar-refractivity contribution is 0.596. The molecule has 0 aliphatic rings. The van der Waals surface area contributed by atoms with E-state index >= 15 is 0 Å². The number of anilines is 2. The van der Waals surface area contributed by atoms with E-state index in [0.717, 1.165) is 6.07 Å². The molecule has 0 bridgehead atoms. The van der Waals surface area contributed by atoms with E-state index in [9.17, 15) is 12.8 Å². The van der Waals surface area contributed by atoms with Crippen molar-refractivity contribution in [2.75, 3.05) is 10.5 Å². The van der Waals surface area contributed by atoms with Gasteiger partial charge in [-0.3, -0.25) is 4.72 Å². The Morgan fingerprint density at radius 1 is 1.26 bits per heavy atom. The Balaban J connectivity index is 2.35. The van der Waals surface area contributed by atoms with Crippen molar-refractivity contribution in [2.24, 2.45) is 0 Å². The molecule has 5 nitrogen and oxygen atoms in total. The first-order chi connectivity index (χ1) is 8.88. The van der Waals surface area contributed by atoms with Gasteiger partial charge in [-0.05, 0) is 30.3 Å². The van der Waals surface area contributed by atoms with E-state index in [0.29, 0.717) is 0 Å². The van der Waals surface area contributed by atoms with Crippen LogP contribution in [0.5, 0.6) is 0 Å². The van der Waals surface area contributed by atoms with E-state index < -0.39 is 15.8 Å². The summed E-state index contributed by atoms with van der Waals surface area (Å²) in [6.45, 7) is 0. The fraction of sp³-hybridized carbons (Fsp3) is 0. The summed E-state index contributed by atoms with van der Waals surface area (Å²) in [5, 5.41) is 0.142. The van der Waals surface area contributed by atoms with Gasteiger partial charge in [-0.2, -0.15) is 0 Å². The quantitative estimate of drug-likeness (QED) is 0.672. The highest BCUT2D eigenvalue weighted by Gasteiger charge is 2.16. The molecule has 1 aromatic heterocycles. The predicted octanol–water partition coefficient (Wildman–Crippen LogP) is 2.26. The molecular formula is C11H9ClFN3O2S. The third kappa shape index (κ3) is 3.12. The van der Waals surface area contributed by atoms with E-state index in [2.05, 4.69) is 9.71 Å². The van der Waals surface area contributed by atoms with Gasteiger partial charge in [0, 0.05) is 6.20 Å². The molecule has 0 saturated carbocycles. The average molecular weight is 302 g/mol. The van der Waals surface area contributed by atoms with E-state index in [4.69, 9.17) is 17.3 Å². The van der Waals surface area contributed by atoms with Crippen molar-refractivity contribution in [3.05, 3.63) is 47.5 Å². The van der Waals surface area contributed by atoms with E-state index in [1.54, 1.807) is 0 Å². The maximum absolute atomic E-state index is 13.3. The Kier molecular flexibility index (Phi) is 3.59. The molecular weight excluding hydrogens is 293 g/mol. The van der Waals surface area contributed by atoms with Gasteiger partial charge in [0.05, 0.1) is 16.3 Å². The highest BCUT2D eigenvalue weighted by molar-refractivity contribution is 7.92. The zero-order valence-corrected chi connectivity index (χ0v) is 11.0. The lowest BCUT2D eigenvalue weighted by Gasteiger charge is -2.08. The van der Waals surface area contributed by atoms with Crippen molar-refractivity contribution in [1.82, 2.24) is 4.98 Å². The number of hydrogen-bond donors (Lipinski definition) is 2. The van der Waals surface area contributed by atoms with Gasteiger partial charge in [0.2, 0.25) is 0 Å². The Hall–Kier alpha value is -1.86. The largest absolute Gasteiger partial charge is 0.396 e. The zero-order chi connectivity index (χ0) is 14.0. The molecule has 2 aromatic rings. The third-order valence-corrected chi connectivity index (χ3v) is 3.85. The molecule has 0 aliphatic heterocycles. The minimum Gasteiger partial charge on any atom is -0.396 e. The fourth-order valence-electron chi connectivity index (χ4n) is 1.36. The summed E-state index contributed by atoms with van der Waals surface area (Å²) in [6, 6.07) is 6.01. The van der Waals surface area contributed by atoms with Crippen LogP contribution < -0.4 is 10.5 Å². The molecule has 0 radical (unpaired) electrons. The summed E-state index contributed by atoms with van der Waals surface area (Å²) in [4.78, 5) is 3.49. The number of aromatic nitrogens is 1. The monoisotopic (exact) mass is 301 g/mol. The second-order valence-corrected chi connectivity index (χ2v) is 5.73. The molecule has 100 valence electrons. The summed E-state index contributed by atoms with van der Waals surface area (Å²) in [5.74, 6) is -0.796. The van der Waals surface area contributed by atoms with Crippen molar-refractivity contribution in [1.29, 1.82) is 0 Å². The molecule has 3 N–H and O–H groups in total. The summed E-state index contributed by atoms with van der Waals surface area (Å²) in [7, 11) is -3.90. The van der Waals surface area contributed by atoms with Crippen LogP contribution in [0.2, 0.25) is 5.15 Å². The lowest BCUT2D eigenvalue weighted by atomic mass is 10.3. The normalized spacial score (nSPS) is 11.3. The van der Waals surface area contributed by atoms with Gasteiger partial charge in [-0.15, -0.1) is 0 Å². The fourth-order valence-corrected chi connectivity index (χ4v) is 2.59. The Morgan fingerprint density at radius 3 is 2.63 bits per heavy atom. The minimum atomic E-state index is -3.90. The molecule has 0 saturated heterocycles. The number of benzene rings is 1. The Bertz CT molecular complexity index is 722. The standard InChI is InChI=1S/C11H9ClFN3O2S/c12-11-5-7(3-4-15-11)16-19(17,18)8-1-2-10(14)9(13)6-8/h1-6H,14H2,(H,15,16). The summed E-state index contributed by atoms with van der Waals surface area (Å²) in [6.07, 6.45) is 1.35. The topological polar surface area (TPSA) is 85.1 Å². The lowest BCUT2D eigenvalue weighted by Crippen LogP contribution is -2.13. The predicted molar refractivity (Wildman–Crippen MR) is 70.9 cm³/mol. The number of rotatable bonds is 3. The molecule has 8 heteroatoms. The number of nitrogen functional groups attached to an aromatic ring is 1. The maximum atomic E-state index is 13.3. The van der Waals surface area contributed by atoms with E-state index in [-0.39, 0.29) is 21.4 Å². The van der Waals surface area contributed by atoms with Gasteiger partial charge in [-0.25, -0.2) is 17.8 Å². The second-order valence-electron chi connectivity index (χ2n) is 3.66. The Morgan fingerprint density at radius 2 is 2.00 bits per heavy atom. The summed E-state index contributed by atoms with van der Waals surface area (Å²) in [5.41, 5.74) is 5.40. The van der Waals surface area contributed by atoms with Crippen molar-refractivity contribution >= 4 is 33.0 Å². The second kappa shape index (κ2) is 5.02. The number of halogens is 2. The maximum Gasteiger partial charge on any atom is 0.262 e. The van der Waals surface area contributed by atoms with Crippen LogP contribution in [0, 0.1) is 5.82 Å². The van der Waals surface area contributed by atoms with Gasteiger partial charge in [0.15, 0.2) is 0 Å². The van der Waals surface area contributed by atoms with Crippen molar-refractivity contribution in [3.63, 3.8) is 0 Å². The first kappa shape index (κ1) is 13.6. The van der Waals surface area contributed by atoms with Crippen LogP contribution in [0.15, 0.2) is 41.4 Å². The molecule has 0 atom stereocenters. The molecule has 2 rings (SSSR count). The first-order valence-electron chi connectivity index (χ1n) is 5.08. The van der Waals surface area contributed by atoms with E-state index in [1.165, 1.54) is 30.5 Å². The zero-order valence-electron chi connectivity index (χ0n) is 9.47.